The van der Waals surface area contributed by atoms with E-state index in [9.17, 15) is 0 Å². The minimum absolute atomic E-state index is 0.0670. The van der Waals surface area contributed by atoms with E-state index < -0.39 is 0 Å². The Hall–Kier alpha value is -2.48. The van der Waals surface area contributed by atoms with Crippen LogP contribution >= 0.6 is 0 Å². The lowest BCUT2D eigenvalue weighted by atomic mass is 9.62. The predicted molar refractivity (Wildman–Crippen MR) is 139 cm³/mol. The fourth-order valence-corrected chi connectivity index (χ4v) is 5.24. The summed E-state index contributed by atoms with van der Waals surface area (Å²) in [5, 5.41) is 1.01. The first kappa shape index (κ1) is 24.2. The second-order valence-electron chi connectivity index (χ2n) is 10.9. The predicted octanol–water partition coefficient (Wildman–Crippen LogP) is 5.89. The van der Waals surface area contributed by atoms with E-state index in [1.54, 1.807) is 7.11 Å². The van der Waals surface area contributed by atoms with Gasteiger partial charge in [-0.25, -0.2) is 9.97 Å². The molecule has 1 aromatic carbocycles. The molecule has 0 bridgehead atoms. The van der Waals surface area contributed by atoms with Crippen molar-refractivity contribution in [3.63, 3.8) is 0 Å². The fourth-order valence-electron chi connectivity index (χ4n) is 5.24. The van der Waals surface area contributed by atoms with Crippen molar-refractivity contribution in [2.24, 2.45) is 0 Å². The first-order valence-electron chi connectivity index (χ1n) is 12.5. The van der Waals surface area contributed by atoms with Crippen LogP contribution in [0.5, 0.6) is 5.75 Å². The molecule has 0 spiro atoms. The molecule has 2 aromatic heterocycles. The fraction of sp³-hybridized carbons (Fsp3) is 0.500. The van der Waals surface area contributed by atoms with Gasteiger partial charge in [-0.1, -0.05) is 6.07 Å². The molecule has 2 aliphatic rings. The second kappa shape index (κ2) is 8.88. The number of fused-ring (bicyclic) bond motifs is 1. The van der Waals surface area contributed by atoms with Gasteiger partial charge >= 0.3 is 7.12 Å². The maximum Gasteiger partial charge on any atom is 0.464 e. The highest BCUT2D eigenvalue weighted by atomic mass is 16.7. The third kappa shape index (κ3) is 4.35. The number of methoxy groups -OCH3 is 1. The van der Waals surface area contributed by atoms with E-state index >= 15 is 0 Å². The Balaban J connectivity index is 1.52. The van der Waals surface area contributed by atoms with Crippen LogP contribution in [0.4, 0.5) is 0 Å². The van der Waals surface area contributed by atoms with Crippen molar-refractivity contribution in [2.45, 2.75) is 70.9 Å². The molecular weight excluding hydrogens is 439 g/mol. The molecular formula is C28H35BN2O4. The van der Waals surface area contributed by atoms with E-state index in [0.717, 1.165) is 51.3 Å². The van der Waals surface area contributed by atoms with E-state index in [2.05, 4.69) is 71.9 Å². The minimum atomic E-state index is -0.377. The topological polar surface area (TPSA) is 62.7 Å². The second-order valence-corrected chi connectivity index (χ2v) is 10.9. The molecule has 0 aliphatic carbocycles. The van der Waals surface area contributed by atoms with Crippen molar-refractivity contribution >= 4 is 18.2 Å². The minimum Gasteiger partial charge on any atom is -0.496 e. The molecule has 35 heavy (non-hydrogen) atoms. The van der Waals surface area contributed by atoms with Gasteiger partial charge in [0.2, 0.25) is 0 Å². The molecule has 7 heteroatoms. The Labute approximate surface area is 208 Å². The smallest absolute Gasteiger partial charge is 0.464 e. The first-order chi connectivity index (χ1) is 16.6. The zero-order chi connectivity index (χ0) is 25.0. The number of benzene rings is 1. The van der Waals surface area contributed by atoms with Crippen LogP contribution in [0.2, 0.25) is 5.82 Å². The lowest BCUT2D eigenvalue weighted by Gasteiger charge is -2.32. The molecule has 5 rings (SSSR count). The molecule has 0 N–H and O–H groups in total. The number of ether oxygens (including phenoxy) is 2. The highest BCUT2D eigenvalue weighted by Crippen LogP contribution is 2.46. The van der Waals surface area contributed by atoms with Crippen molar-refractivity contribution in [1.82, 2.24) is 9.97 Å². The quantitative estimate of drug-likeness (QED) is 0.440. The van der Waals surface area contributed by atoms with E-state index in [0.29, 0.717) is 13.2 Å². The van der Waals surface area contributed by atoms with Gasteiger partial charge in [0.15, 0.2) is 5.65 Å². The summed E-state index contributed by atoms with van der Waals surface area (Å²) < 4.78 is 24.4. The van der Waals surface area contributed by atoms with Gasteiger partial charge in [-0.05, 0) is 89.4 Å². The third-order valence-electron chi connectivity index (χ3n) is 7.89. The number of rotatable bonds is 4. The Bertz CT molecular complexity index is 1240. The number of aromatic nitrogens is 2. The monoisotopic (exact) mass is 474 g/mol. The molecule has 2 saturated heterocycles. The first-order valence-corrected chi connectivity index (χ1v) is 12.5. The van der Waals surface area contributed by atoms with Crippen molar-refractivity contribution in [1.29, 1.82) is 0 Å². The summed E-state index contributed by atoms with van der Waals surface area (Å²) in [5.41, 5.74) is 5.17. The van der Waals surface area contributed by atoms with Gasteiger partial charge in [0.25, 0.3) is 0 Å². The van der Waals surface area contributed by atoms with Crippen molar-refractivity contribution in [3.8, 4) is 17.0 Å². The van der Waals surface area contributed by atoms with Gasteiger partial charge in [-0.3, -0.25) is 0 Å². The molecule has 3 aromatic rings. The molecule has 2 unspecified atom stereocenters. The Kier molecular flexibility index (Phi) is 6.15. The number of nitrogens with zero attached hydrogens (tertiary/aromatic N) is 2. The summed E-state index contributed by atoms with van der Waals surface area (Å²) in [6.45, 7) is 13.8. The SMILES string of the molecule is COc1cc(C)cc(C)c1-c1ccc2ccc(C3CCOCC3B3OC(C)(C)C(C)(C)O3)nc2n1. The summed E-state index contributed by atoms with van der Waals surface area (Å²) >= 11 is 0. The summed E-state index contributed by atoms with van der Waals surface area (Å²) in [4.78, 5) is 10.0. The van der Waals surface area contributed by atoms with E-state index in [1.807, 2.05) is 6.07 Å². The lowest BCUT2D eigenvalue weighted by Crippen LogP contribution is -2.41. The van der Waals surface area contributed by atoms with Gasteiger partial charge in [0.05, 0.1) is 24.0 Å². The van der Waals surface area contributed by atoms with Crippen LogP contribution in [-0.4, -0.2) is 48.6 Å². The zero-order valence-corrected chi connectivity index (χ0v) is 21.8. The largest absolute Gasteiger partial charge is 0.496 e. The summed E-state index contributed by atoms with van der Waals surface area (Å²) in [6, 6.07) is 12.6. The zero-order valence-electron chi connectivity index (χ0n) is 21.8. The van der Waals surface area contributed by atoms with Gasteiger partial charge < -0.3 is 18.8 Å². The summed E-state index contributed by atoms with van der Waals surface area (Å²) in [6.07, 6.45) is 0.873. The molecule has 0 radical (unpaired) electrons. The van der Waals surface area contributed by atoms with Gasteiger partial charge in [0, 0.05) is 41.6 Å². The average Bonchev–Trinajstić information content (AvgIpc) is 3.04. The summed E-state index contributed by atoms with van der Waals surface area (Å²) in [7, 11) is 1.37. The summed E-state index contributed by atoms with van der Waals surface area (Å²) in [5.74, 6) is 1.07. The molecule has 0 saturated carbocycles. The number of hydrogen-bond donors (Lipinski definition) is 0. The Morgan fingerprint density at radius 2 is 1.69 bits per heavy atom. The Morgan fingerprint density at radius 3 is 2.40 bits per heavy atom. The van der Waals surface area contributed by atoms with Crippen molar-refractivity contribution < 1.29 is 18.8 Å². The highest BCUT2D eigenvalue weighted by molar-refractivity contribution is 6.47. The highest BCUT2D eigenvalue weighted by Gasteiger charge is 2.55. The normalized spacial score (nSPS) is 23.6. The third-order valence-corrected chi connectivity index (χ3v) is 7.89. The van der Waals surface area contributed by atoms with E-state index in [-0.39, 0.29) is 30.1 Å². The van der Waals surface area contributed by atoms with E-state index in [4.69, 9.17) is 28.8 Å². The Morgan fingerprint density at radius 1 is 0.971 bits per heavy atom. The van der Waals surface area contributed by atoms with Gasteiger partial charge in [0.1, 0.15) is 5.75 Å². The number of hydrogen-bond acceptors (Lipinski definition) is 6. The van der Waals surface area contributed by atoms with Gasteiger partial charge in [-0.15, -0.1) is 0 Å². The lowest BCUT2D eigenvalue weighted by molar-refractivity contribution is 0.00578. The van der Waals surface area contributed by atoms with E-state index in [1.165, 1.54) is 0 Å². The number of aryl methyl sites for hydroxylation is 2. The van der Waals surface area contributed by atoms with Crippen LogP contribution in [0.3, 0.4) is 0 Å². The van der Waals surface area contributed by atoms with Crippen molar-refractivity contribution in [2.75, 3.05) is 20.3 Å². The average molecular weight is 474 g/mol. The van der Waals surface area contributed by atoms with Crippen LogP contribution in [0.15, 0.2) is 36.4 Å². The van der Waals surface area contributed by atoms with Crippen LogP contribution in [0.25, 0.3) is 22.3 Å². The van der Waals surface area contributed by atoms with Crippen LogP contribution in [0, 0.1) is 13.8 Å². The van der Waals surface area contributed by atoms with Gasteiger partial charge in [-0.2, -0.15) is 0 Å². The molecule has 2 aliphatic heterocycles. The maximum atomic E-state index is 6.41. The van der Waals surface area contributed by atoms with Crippen LogP contribution < -0.4 is 4.74 Å². The molecule has 6 nitrogen and oxygen atoms in total. The molecule has 2 fully saturated rings. The maximum absolute atomic E-state index is 6.41. The molecule has 0 amide bonds. The molecule has 184 valence electrons. The molecule has 2 atom stereocenters. The molecule has 4 heterocycles. The van der Waals surface area contributed by atoms with Crippen LogP contribution in [0.1, 0.15) is 56.9 Å². The van der Waals surface area contributed by atoms with Crippen molar-refractivity contribution in [3.05, 3.63) is 53.2 Å². The standard InChI is InChI=1S/C28H35BN2O4/c1-17-14-18(2)25(24(15-17)32-7)23-11-9-19-8-10-22(30-26(19)31-23)20-12-13-33-16-21(20)29-34-27(3,4)28(5,6)35-29/h8-11,14-15,20-21H,12-13,16H2,1-7H3. The number of pyridine rings is 2. The van der Waals surface area contributed by atoms with Crippen LogP contribution in [-0.2, 0) is 14.0 Å².